The maximum Gasteiger partial charge on any atom is 0.260 e. The number of aryl methyl sites for hydroxylation is 4. The summed E-state index contributed by atoms with van der Waals surface area (Å²) >= 11 is 8.11. The Morgan fingerprint density at radius 2 is 0.895 bits per heavy atom. The van der Waals surface area contributed by atoms with Crippen LogP contribution in [0.5, 0.6) is 0 Å². The molecule has 0 radical (unpaired) electrons. The summed E-state index contributed by atoms with van der Waals surface area (Å²) in [5.74, 6) is 0. The van der Waals surface area contributed by atoms with Gasteiger partial charge in [0.1, 0.15) is 0 Å². The van der Waals surface area contributed by atoms with Crippen LogP contribution in [0.4, 0.5) is 0 Å². The third-order valence-corrected chi connectivity index (χ3v) is 11.2. The summed E-state index contributed by atoms with van der Waals surface area (Å²) in [4.78, 5) is 0. The fourth-order valence-corrected chi connectivity index (χ4v) is 12.8. The first-order chi connectivity index (χ1) is 8.85. The molecule has 0 amide bonds. The van der Waals surface area contributed by atoms with E-state index in [9.17, 15) is 0 Å². The number of halogens is 2. The zero-order valence-electron chi connectivity index (χ0n) is 11.7. The van der Waals surface area contributed by atoms with Crippen molar-refractivity contribution in [2.45, 2.75) is 27.7 Å². The van der Waals surface area contributed by atoms with E-state index in [1.807, 2.05) is 0 Å². The zero-order chi connectivity index (χ0) is 14.2. The Morgan fingerprint density at radius 3 is 1.16 bits per heavy atom. The SMILES string of the molecule is Cc1cccc(C)c1[Si](Br)(Br)c1c(C)cccc1C. The summed E-state index contributed by atoms with van der Waals surface area (Å²) < 4.78 is 0. The predicted molar refractivity (Wildman–Crippen MR) is 94.7 cm³/mol. The van der Waals surface area contributed by atoms with Crippen LogP contribution < -0.4 is 10.4 Å². The maximum atomic E-state index is 4.06. The van der Waals surface area contributed by atoms with Gasteiger partial charge in [0.25, 0.3) is 5.31 Å². The molecular weight excluding hydrogens is 380 g/mol. The molecule has 2 rings (SSSR count). The summed E-state index contributed by atoms with van der Waals surface area (Å²) in [6, 6.07) is 13.0. The Hall–Kier alpha value is -0.383. The van der Waals surface area contributed by atoms with Gasteiger partial charge in [-0.1, -0.05) is 67.0 Å². The van der Waals surface area contributed by atoms with Crippen LogP contribution in [0.2, 0.25) is 0 Å². The Labute approximate surface area is 132 Å². The Morgan fingerprint density at radius 1 is 0.632 bits per heavy atom. The molecule has 2 aromatic rings. The lowest BCUT2D eigenvalue weighted by Crippen LogP contribution is -2.52. The molecule has 0 saturated carbocycles. The highest BCUT2D eigenvalue weighted by atomic mass is 79.9. The number of benzene rings is 2. The number of hydrogen-bond acceptors (Lipinski definition) is 0. The summed E-state index contributed by atoms with van der Waals surface area (Å²) in [5, 5.41) is 0.866. The normalized spacial score (nSPS) is 11.7. The van der Waals surface area contributed by atoms with Crippen molar-refractivity contribution in [2.24, 2.45) is 0 Å². The second-order valence-electron chi connectivity index (χ2n) is 5.11. The summed E-state index contributed by atoms with van der Waals surface area (Å²) in [7, 11) is 0. The van der Waals surface area contributed by atoms with Crippen molar-refractivity contribution < 1.29 is 0 Å². The van der Waals surface area contributed by atoms with Crippen LogP contribution in [0.1, 0.15) is 22.3 Å². The largest absolute Gasteiger partial charge is 0.260 e. The molecule has 0 fully saturated rings. The highest BCUT2D eigenvalue weighted by molar-refractivity contribution is 9.52. The van der Waals surface area contributed by atoms with Gasteiger partial charge in [-0.25, -0.2) is 0 Å². The zero-order valence-corrected chi connectivity index (χ0v) is 15.9. The van der Waals surface area contributed by atoms with E-state index in [1.165, 1.54) is 32.6 Å². The molecule has 0 unspecified atom stereocenters. The lowest BCUT2D eigenvalue weighted by atomic mass is 10.1. The topological polar surface area (TPSA) is 0 Å². The van der Waals surface area contributed by atoms with Crippen molar-refractivity contribution in [1.29, 1.82) is 0 Å². The highest BCUT2D eigenvalue weighted by Gasteiger charge is 2.36. The molecule has 0 saturated heterocycles. The van der Waals surface area contributed by atoms with Crippen molar-refractivity contribution in [3.63, 3.8) is 0 Å². The number of hydrogen-bond donors (Lipinski definition) is 0. The smallest absolute Gasteiger partial charge is 0.0987 e. The van der Waals surface area contributed by atoms with Crippen molar-refractivity contribution in [1.82, 2.24) is 0 Å². The van der Waals surface area contributed by atoms with Gasteiger partial charge in [-0.05, 0) is 60.3 Å². The highest BCUT2D eigenvalue weighted by Crippen LogP contribution is 2.26. The van der Waals surface area contributed by atoms with Gasteiger partial charge in [0, 0.05) is 0 Å². The van der Waals surface area contributed by atoms with Crippen LogP contribution in [0.25, 0.3) is 0 Å². The van der Waals surface area contributed by atoms with Gasteiger partial charge in [0.05, 0.1) is 0 Å². The molecule has 0 spiro atoms. The van der Waals surface area contributed by atoms with E-state index in [0.717, 1.165) is 0 Å². The van der Waals surface area contributed by atoms with Gasteiger partial charge >= 0.3 is 0 Å². The van der Waals surface area contributed by atoms with Crippen molar-refractivity contribution >= 4 is 46.3 Å². The lowest BCUT2D eigenvalue weighted by molar-refractivity contribution is 1.41. The monoisotopic (exact) mass is 396 g/mol. The van der Waals surface area contributed by atoms with Crippen LogP contribution in [-0.4, -0.2) is 5.31 Å². The molecule has 3 heteroatoms. The standard InChI is InChI=1S/C16H18Br2Si/c1-11-7-5-8-12(2)15(11)19(17,18)16-13(3)9-6-10-14(16)4/h5-10H,1-4H3. The van der Waals surface area contributed by atoms with Gasteiger partial charge in [-0.2, -0.15) is 0 Å². The van der Waals surface area contributed by atoms with Gasteiger partial charge in [-0.3, -0.25) is 0 Å². The van der Waals surface area contributed by atoms with Gasteiger partial charge in [0.15, 0.2) is 0 Å². The van der Waals surface area contributed by atoms with E-state index in [0.29, 0.717) is 0 Å². The molecule has 0 aliphatic carbocycles. The molecule has 0 nitrogen and oxygen atoms in total. The third kappa shape index (κ3) is 2.74. The van der Waals surface area contributed by atoms with Gasteiger partial charge in [-0.15, -0.1) is 0 Å². The van der Waals surface area contributed by atoms with Crippen LogP contribution in [0, 0.1) is 27.7 Å². The molecule has 0 N–H and O–H groups in total. The quantitative estimate of drug-likeness (QED) is 0.524. The van der Waals surface area contributed by atoms with E-state index in [2.05, 4.69) is 94.7 Å². The van der Waals surface area contributed by atoms with Crippen molar-refractivity contribution in [2.75, 3.05) is 0 Å². The Balaban J connectivity index is 2.73. The molecule has 0 heterocycles. The molecule has 0 atom stereocenters. The Kier molecular flexibility index (Phi) is 4.38. The molecule has 0 bridgehead atoms. The first-order valence-electron chi connectivity index (χ1n) is 6.37. The Bertz CT molecular complexity index is 524. The minimum absolute atomic E-state index is 1.35. The second-order valence-corrected chi connectivity index (χ2v) is 17.6. The second kappa shape index (κ2) is 5.55. The lowest BCUT2D eigenvalue weighted by Gasteiger charge is -2.26. The van der Waals surface area contributed by atoms with Crippen LogP contribution in [-0.2, 0) is 0 Å². The van der Waals surface area contributed by atoms with Gasteiger partial charge in [0.2, 0.25) is 0 Å². The summed E-state index contributed by atoms with van der Waals surface area (Å²) in [6.07, 6.45) is 0. The molecule has 0 aromatic heterocycles. The van der Waals surface area contributed by atoms with Crippen LogP contribution >= 0.6 is 30.6 Å². The van der Waals surface area contributed by atoms with E-state index in [1.54, 1.807) is 0 Å². The molecule has 19 heavy (non-hydrogen) atoms. The molecule has 2 aromatic carbocycles. The predicted octanol–water partition coefficient (Wildman–Crippen LogP) is 4.27. The van der Waals surface area contributed by atoms with E-state index in [-0.39, 0.29) is 0 Å². The number of rotatable bonds is 2. The first kappa shape index (κ1) is 15.0. The van der Waals surface area contributed by atoms with Gasteiger partial charge < -0.3 is 0 Å². The third-order valence-electron chi connectivity index (χ3n) is 3.59. The molecule has 100 valence electrons. The van der Waals surface area contributed by atoms with E-state index < -0.39 is 5.31 Å². The van der Waals surface area contributed by atoms with E-state index in [4.69, 9.17) is 0 Å². The fourth-order valence-electron chi connectivity index (χ4n) is 2.74. The maximum absolute atomic E-state index is 4.06. The minimum atomic E-state index is -2.01. The van der Waals surface area contributed by atoms with Crippen molar-refractivity contribution in [3.05, 3.63) is 58.7 Å². The summed E-state index contributed by atoms with van der Waals surface area (Å²) in [5.41, 5.74) is 5.40. The van der Waals surface area contributed by atoms with Crippen LogP contribution in [0.15, 0.2) is 36.4 Å². The fraction of sp³-hybridized carbons (Fsp3) is 0.250. The van der Waals surface area contributed by atoms with E-state index >= 15 is 0 Å². The molecular formula is C16H18Br2Si. The average Bonchev–Trinajstić information content (AvgIpc) is 2.27. The molecule has 0 aliphatic heterocycles. The minimum Gasteiger partial charge on any atom is -0.0987 e. The van der Waals surface area contributed by atoms with Crippen LogP contribution in [0.3, 0.4) is 0 Å². The first-order valence-corrected chi connectivity index (χ1v) is 12.9. The summed E-state index contributed by atoms with van der Waals surface area (Å²) in [6.45, 7) is 8.78. The van der Waals surface area contributed by atoms with Crippen molar-refractivity contribution in [3.8, 4) is 0 Å². The molecule has 0 aliphatic rings. The average molecular weight is 398 g/mol.